The lowest BCUT2D eigenvalue weighted by molar-refractivity contribution is 0.0184. The van der Waals surface area contributed by atoms with Crippen molar-refractivity contribution in [3.63, 3.8) is 0 Å². The van der Waals surface area contributed by atoms with E-state index >= 15 is 0 Å². The van der Waals surface area contributed by atoms with E-state index in [0.29, 0.717) is 11.8 Å². The molecule has 2 aliphatic rings. The Morgan fingerprint density at radius 2 is 2.28 bits per heavy atom. The average molecular weight is 252 g/mol. The summed E-state index contributed by atoms with van der Waals surface area (Å²) in [5.74, 6) is 1.28. The van der Waals surface area contributed by atoms with Crippen LogP contribution in [0.5, 0.6) is 0 Å². The van der Waals surface area contributed by atoms with Crippen LogP contribution in [0.25, 0.3) is 0 Å². The first-order chi connectivity index (χ1) is 8.61. The van der Waals surface area contributed by atoms with Gasteiger partial charge in [-0.15, -0.1) is 0 Å². The van der Waals surface area contributed by atoms with Crippen LogP contribution < -0.4 is 10.6 Å². The molecule has 0 bridgehead atoms. The van der Waals surface area contributed by atoms with E-state index in [1.807, 2.05) is 27.0 Å². The van der Waals surface area contributed by atoms with Crippen molar-refractivity contribution < 1.29 is 4.74 Å². The van der Waals surface area contributed by atoms with Crippen molar-refractivity contribution in [2.24, 2.45) is 5.92 Å². The van der Waals surface area contributed by atoms with E-state index in [2.05, 4.69) is 15.5 Å². The largest absolute Gasteiger partial charge is 0.375 e. The number of allylic oxidation sites excluding steroid dienone is 1. The minimum absolute atomic E-state index is 0.257. The van der Waals surface area contributed by atoms with Gasteiger partial charge in [0.25, 0.3) is 0 Å². The van der Waals surface area contributed by atoms with Gasteiger partial charge in [-0.3, -0.25) is 0 Å². The molecule has 2 atom stereocenters. The number of fused-ring (bicyclic) bond motifs is 1. The molecule has 2 saturated heterocycles. The lowest BCUT2D eigenvalue weighted by Gasteiger charge is -2.25. The Balaban J connectivity index is 2.03. The summed E-state index contributed by atoms with van der Waals surface area (Å²) >= 11 is 0. The molecule has 0 saturated carbocycles. The number of ether oxygens (including phenoxy) is 1. The highest BCUT2D eigenvalue weighted by molar-refractivity contribution is 5.94. The molecule has 0 spiro atoms. The summed E-state index contributed by atoms with van der Waals surface area (Å²) < 4.78 is 5.77. The van der Waals surface area contributed by atoms with Gasteiger partial charge in [0.05, 0.1) is 18.8 Å². The highest BCUT2D eigenvalue weighted by atomic mass is 16.5. The molecule has 102 valence electrons. The molecule has 3 N–H and O–H groups in total. The molecule has 5 heteroatoms. The lowest BCUT2D eigenvalue weighted by atomic mass is 10.1. The van der Waals surface area contributed by atoms with Gasteiger partial charge in [0, 0.05) is 32.4 Å². The standard InChI is InChI=1S/C13H24N4O/c1-9(2)10(14)6-13(15-3)17-7-11-12(8-17)18-5-4-16-11/h6,9,11-12,14-16H,4-5,7-8H2,1-3H3/b13-6+,14-10?. The second-order valence-electron chi connectivity index (χ2n) is 5.26. The number of nitrogens with one attached hydrogen (secondary N) is 3. The van der Waals surface area contributed by atoms with E-state index < -0.39 is 0 Å². The first-order valence-corrected chi connectivity index (χ1v) is 6.69. The van der Waals surface area contributed by atoms with Crippen molar-refractivity contribution >= 4 is 5.71 Å². The van der Waals surface area contributed by atoms with Gasteiger partial charge in [0.1, 0.15) is 5.82 Å². The van der Waals surface area contributed by atoms with E-state index in [9.17, 15) is 0 Å². The predicted molar refractivity (Wildman–Crippen MR) is 72.8 cm³/mol. The summed E-state index contributed by atoms with van der Waals surface area (Å²) in [5.41, 5.74) is 0.656. The topological polar surface area (TPSA) is 60.4 Å². The van der Waals surface area contributed by atoms with E-state index in [4.69, 9.17) is 10.1 Å². The molecule has 2 aliphatic heterocycles. The van der Waals surface area contributed by atoms with Crippen molar-refractivity contribution in [3.05, 3.63) is 11.9 Å². The zero-order valence-corrected chi connectivity index (χ0v) is 11.5. The number of hydrogen-bond acceptors (Lipinski definition) is 5. The third kappa shape index (κ3) is 2.84. The van der Waals surface area contributed by atoms with Gasteiger partial charge in [0.2, 0.25) is 0 Å². The smallest absolute Gasteiger partial charge is 0.103 e. The average Bonchev–Trinajstić information content (AvgIpc) is 2.78. The molecule has 2 unspecified atom stereocenters. The Hall–Kier alpha value is -1.07. The molecule has 0 aliphatic carbocycles. The summed E-state index contributed by atoms with van der Waals surface area (Å²) in [7, 11) is 1.91. The Morgan fingerprint density at radius 1 is 1.50 bits per heavy atom. The second kappa shape index (κ2) is 5.71. The van der Waals surface area contributed by atoms with Crippen LogP contribution in [0.15, 0.2) is 11.9 Å². The maximum absolute atomic E-state index is 7.95. The first-order valence-electron chi connectivity index (χ1n) is 6.69. The number of morpholine rings is 1. The van der Waals surface area contributed by atoms with Gasteiger partial charge < -0.3 is 25.7 Å². The Morgan fingerprint density at radius 3 is 2.89 bits per heavy atom. The first kappa shape index (κ1) is 13.4. The van der Waals surface area contributed by atoms with Crippen LogP contribution in [0.4, 0.5) is 0 Å². The van der Waals surface area contributed by atoms with E-state index in [1.54, 1.807) is 0 Å². The highest BCUT2D eigenvalue weighted by Gasteiger charge is 2.36. The van der Waals surface area contributed by atoms with Gasteiger partial charge in [0.15, 0.2) is 0 Å². The Labute approximate surface area is 109 Å². The summed E-state index contributed by atoms with van der Waals surface area (Å²) in [6, 6.07) is 0.420. The summed E-state index contributed by atoms with van der Waals surface area (Å²) in [6.45, 7) is 7.67. The van der Waals surface area contributed by atoms with Gasteiger partial charge in [-0.1, -0.05) is 13.8 Å². The van der Waals surface area contributed by atoms with Crippen LogP contribution in [0.3, 0.4) is 0 Å². The van der Waals surface area contributed by atoms with Gasteiger partial charge >= 0.3 is 0 Å². The molecule has 0 aromatic rings. The van der Waals surface area contributed by atoms with Crippen molar-refractivity contribution in [2.75, 3.05) is 33.3 Å². The van der Waals surface area contributed by atoms with E-state index in [1.165, 1.54) is 0 Å². The van der Waals surface area contributed by atoms with Crippen molar-refractivity contribution in [1.29, 1.82) is 5.41 Å². The molecule has 18 heavy (non-hydrogen) atoms. The van der Waals surface area contributed by atoms with Crippen molar-refractivity contribution in [1.82, 2.24) is 15.5 Å². The molecule has 0 radical (unpaired) electrons. The molecular formula is C13H24N4O. The predicted octanol–water partition coefficient (Wildman–Crippen LogP) is 0.396. The van der Waals surface area contributed by atoms with Gasteiger partial charge in [-0.05, 0) is 12.0 Å². The Bertz CT molecular complexity index is 326. The van der Waals surface area contributed by atoms with E-state index in [0.717, 1.165) is 32.1 Å². The van der Waals surface area contributed by atoms with Crippen LogP contribution >= 0.6 is 0 Å². The summed E-state index contributed by atoms with van der Waals surface area (Å²) in [4.78, 5) is 2.27. The third-order valence-corrected chi connectivity index (χ3v) is 3.62. The molecule has 2 fully saturated rings. The van der Waals surface area contributed by atoms with Crippen molar-refractivity contribution in [3.8, 4) is 0 Å². The maximum atomic E-state index is 7.95. The maximum Gasteiger partial charge on any atom is 0.103 e. The minimum atomic E-state index is 0.257. The van der Waals surface area contributed by atoms with Crippen LogP contribution in [0.1, 0.15) is 13.8 Å². The molecule has 2 heterocycles. The van der Waals surface area contributed by atoms with Crippen LogP contribution in [0.2, 0.25) is 0 Å². The number of rotatable bonds is 4. The van der Waals surface area contributed by atoms with Gasteiger partial charge in [-0.25, -0.2) is 0 Å². The van der Waals surface area contributed by atoms with Crippen LogP contribution in [-0.4, -0.2) is 56.0 Å². The van der Waals surface area contributed by atoms with E-state index in [-0.39, 0.29) is 12.0 Å². The number of nitrogens with zero attached hydrogens (tertiary/aromatic N) is 1. The molecule has 5 nitrogen and oxygen atoms in total. The molecule has 2 rings (SSSR count). The molecule has 0 aromatic carbocycles. The van der Waals surface area contributed by atoms with Gasteiger partial charge in [-0.2, -0.15) is 0 Å². The number of likely N-dealkylation sites (tertiary alicyclic amines) is 1. The molecular weight excluding hydrogens is 228 g/mol. The fourth-order valence-corrected chi connectivity index (χ4v) is 2.43. The van der Waals surface area contributed by atoms with Crippen LogP contribution in [-0.2, 0) is 4.74 Å². The van der Waals surface area contributed by atoms with Crippen molar-refractivity contribution in [2.45, 2.75) is 26.0 Å². The fraction of sp³-hybridized carbons (Fsp3) is 0.769. The fourth-order valence-electron chi connectivity index (χ4n) is 2.43. The normalized spacial score (nSPS) is 28.4. The molecule has 0 aromatic heterocycles. The summed E-state index contributed by atoms with van der Waals surface area (Å²) in [5, 5.41) is 14.6. The van der Waals surface area contributed by atoms with Crippen LogP contribution in [0, 0.1) is 11.3 Å². The monoisotopic (exact) mass is 252 g/mol. The third-order valence-electron chi connectivity index (χ3n) is 3.62. The highest BCUT2D eigenvalue weighted by Crippen LogP contribution is 2.19. The SMILES string of the molecule is CN/C(=C\C(=N)C(C)C)N1CC2NCCOC2C1. The summed E-state index contributed by atoms with van der Waals surface area (Å²) in [6.07, 6.45) is 2.21. The number of hydrogen-bond donors (Lipinski definition) is 3. The lowest BCUT2D eigenvalue weighted by Crippen LogP contribution is -2.47. The zero-order chi connectivity index (χ0) is 13.1. The zero-order valence-electron chi connectivity index (χ0n) is 11.5. The quantitative estimate of drug-likeness (QED) is 0.634. The molecule has 0 amide bonds. The second-order valence-corrected chi connectivity index (χ2v) is 5.26. The minimum Gasteiger partial charge on any atom is -0.375 e. The Kier molecular flexibility index (Phi) is 4.24.